The Kier molecular flexibility index (Phi) is 5.46. The maximum absolute atomic E-state index is 11.2. The lowest BCUT2D eigenvalue weighted by Crippen LogP contribution is -2.16. The van der Waals surface area contributed by atoms with E-state index in [0.29, 0.717) is 10.8 Å². The lowest BCUT2D eigenvalue weighted by atomic mass is 9.97. The number of halogens is 1. The summed E-state index contributed by atoms with van der Waals surface area (Å²) in [7, 11) is -3.11. The topological polar surface area (TPSA) is 60.2 Å². The summed E-state index contributed by atoms with van der Waals surface area (Å²) in [6.45, 7) is 4.07. The zero-order valence-corrected chi connectivity index (χ0v) is 11.3. The molecule has 0 unspecified atom stereocenters. The third kappa shape index (κ3) is 3.77. The molecule has 0 aliphatic rings. The first kappa shape index (κ1) is 15.4. The van der Waals surface area contributed by atoms with E-state index in [0.717, 1.165) is 5.56 Å². The minimum Gasteiger partial charge on any atom is -0.324 e. The standard InChI is InChI=1S/C11H17NO2S.ClH/c1-8(2)11(12)9-4-6-10(7-5-9)15(3,13)14;/h4-8,11H,12H2,1-3H3;1H/t11-;/m0./s1. The zero-order chi connectivity index (χ0) is 11.6. The summed E-state index contributed by atoms with van der Waals surface area (Å²) in [4.78, 5) is 0.335. The van der Waals surface area contributed by atoms with Gasteiger partial charge in [0.25, 0.3) is 0 Å². The normalized spacial score (nSPS) is 13.3. The van der Waals surface area contributed by atoms with E-state index in [-0.39, 0.29) is 18.4 Å². The summed E-state index contributed by atoms with van der Waals surface area (Å²) >= 11 is 0. The van der Waals surface area contributed by atoms with E-state index in [2.05, 4.69) is 0 Å². The Morgan fingerprint density at radius 1 is 1.12 bits per heavy atom. The smallest absolute Gasteiger partial charge is 0.175 e. The number of nitrogens with two attached hydrogens (primary N) is 1. The highest BCUT2D eigenvalue weighted by Gasteiger charge is 2.12. The molecule has 3 nitrogen and oxygen atoms in total. The molecule has 0 aliphatic carbocycles. The third-order valence-corrected chi connectivity index (χ3v) is 3.54. The Morgan fingerprint density at radius 3 is 1.88 bits per heavy atom. The Morgan fingerprint density at radius 2 is 1.56 bits per heavy atom. The molecular formula is C11H18ClNO2S. The fourth-order valence-corrected chi connectivity index (χ4v) is 1.95. The third-order valence-electron chi connectivity index (χ3n) is 2.41. The number of hydrogen-bond acceptors (Lipinski definition) is 3. The van der Waals surface area contributed by atoms with Crippen molar-refractivity contribution in [2.24, 2.45) is 11.7 Å². The van der Waals surface area contributed by atoms with Crippen LogP contribution in [0.1, 0.15) is 25.5 Å². The lowest BCUT2D eigenvalue weighted by Gasteiger charge is -2.15. The van der Waals surface area contributed by atoms with Crippen molar-refractivity contribution in [3.63, 3.8) is 0 Å². The molecule has 0 radical (unpaired) electrons. The highest BCUT2D eigenvalue weighted by molar-refractivity contribution is 7.90. The van der Waals surface area contributed by atoms with Crippen molar-refractivity contribution in [3.8, 4) is 0 Å². The van der Waals surface area contributed by atoms with Crippen LogP contribution >= 0.6 is 12.4 Å². The summed E-state index contributed by atoms with van der Waals surface area (Å²) in [6.07, 6.45) is 1.20. The van der Waals surface area contributed by atoms with Crippen LogP contribution in [0.4, 0.5) is 0 Å². The zero-order valence-electron chi connectivity index (χ0n) is 9.67. The highest BCUT2D eigenvalue weighted by Crippen LogP contribution is 2.20. The maximum atomic E-state index is 11.2. The van der Waals surface area contributed by atoms with Crippen LogP contribution in [0.15, 0.2) is 29.2 Å². The van der Waals surface area contributed by atoms with Gasteiger partial charge in [-0.1, -0.05) is 26.0 Å². The molecule has 0 aliphatic heterocycles. The SMILES string of the molecule is CC(C)[C@H](N)c1ccc(S(C)(=O)=O)cc1.Cl. The summed E-state index contributed by atoms with van der Waals surface area (Å²) in [6, 6.07) is 6.72. The van der Waals surface area contributed by atoms with E-state index in [1.807, 2.05) is 13.8 Å². The average molecular weight is 264 g/mol. The van der Waals surface area contributed by atoms with Gasteiger partial charge < -0.3 is 5.73 Å². The molecule has 0 fully saturated rings. The van der Waals surface area contributed by atoms with Gasteiger partial charge in [-0.25, -0.2) is 8.42 Å². The molecule has 0 spiro atoms. The van der Waals surface area contributed by atoms with Crippen molar-refractivity contribution in [3.05, 3.63) is 29.8 Å². The van der Waals surface area contributed by atoms with Gasteiger partial charge in [0.15, 0.2) is 9.84 Å². The quantitative estimate of drug-likeness (QED) is 0.909. The van der Waals surface area contributed by atoms with E-state index in [4.69, 9.17) is 5.73 Å². The van der Waals surface area contributed by atoms with Gasteiger partial charge in [0.1, 0.15) is 0 Å². The van der Waals surface area contributed by atoms with Crippen molar-refractivity contribution in [2.45, 2.75) is 24.8 Å². The monoisotopic (exact) mass is 263 g/mol. The number of benzene rings is 1. The largest absolute Gasteiger partial charge is 0.324 e. The van der Waals surface area contributed by atoms with Gasteiger partial charge in [0.2, 0.25) is 0 Å². The Bertz CT molecular complexity index is 426. The van der Waals surface area contributed by atoms with Gasteiger partial charge in [-0.3, -0.25) is 0 Å². The maximum Gasteiger partial charge on any atom is 0.175 e. The molecule has 1 atom stereocenters. The van der Waals surface area contributed by atoms with Crippen LogP contribution in [-0.2, 0) is 9.84 Å². The van der Waals surface area contributed by atoms with Crippen LogP contribution in [0, 0.1) is 5.92 Å². The van der Waals surface area contributed by atoms with Crippen LogP contribution in [0.5, 0.6) is 0 Å². The van der Waals surface area contributed by atoms with Crippen LogP contribution in [0.25, 0.3) is 0 Å². The first-order valence-electron chi connectivity index (χ1n) is 4.88. The molecule has 0 saturated heterocycles. The summed E-state index contributed by atoms with van der Waals surface area (Å²) in [5.41, 5.74) is 6.92. The van der Waals surface area contributed by atoms with E-state index in [1.165, 1.54) is 6.26 Å². The molecule has 0 amide bonds. The molecule has 2 N–H and O–H groups in total. The molecule has 5 heteroatoms. The predicted molar refractivity (Wildman–Crippen MR) is 68.6 cm³/mol. The molecule has 1 rings (SSSR count). The van der Waals surface area contributed by atoms with Crippen LogP contribution in [0.2, 0.25) is 0 Å². The summed E-state index contributed by atoms with van der Waals surface area (Å²) in [5.74, 6) is 0.342. The van der Waals surface area contributed by atoms with Gasteiger partial charge in [0, 0.05) is 12.3 Å². The van der Waals surface area contributed by atoms with Crippen LogP contribution in [-0.4, -0.2) is 14.7 Å². The molecule has 1 aromatic carbocycles. The summed E-state index contributed by atoms with van der Waals surface area (Å²) < 4.78 is 22.4. The molecule has 92 valence electrons. The van der Waals surface area contributed by atoms with Gasteiger partial charge in [-0.2, -0.15) is 0 Å². The first-order chi connectivity index (χ1) is 6.82. The van der Waals surface area contributed by atoms with Crippen molar-refractivity contribution >= 4 is 22.2 Å². The highest BCUT2D eigenvalue weighted by atomic mass is 35.5. The van der Waals surface area contributed by atoms with Crippen molar-refractivity contribution in [1.29, 1.82) is 0 Å². The molecule has 0 heterocycles. The fraction of sp³-hybridized carbons (Fsp3) is 0.455. The summed E-state index contributed by atoms with van der Waals surface area (Å²) in [5, 5.41) is 0. The molecule has 16 heavy (non-hydrogen) atoms. The molecule has 0 saturated carbocycles. The molecular weight excluding hydrogens is 246 g/mol. The number of hydrogen-bond donors (Lipinski definition) is 1. The Hall–Kier alpha value is -0.580. The lowest BCUT2D eigenvalue weighted by molar-refractivity contribution is 0.514. The minimum absolute atomic E-state index is 0. The second-order valence-electron chi connectivity index (χ2n) is 4.11. The fourth-order valence-electron chi connectivity index (χ4n) is 1.32. The number of rotatable bonds is 3. The van der Waals surface area contributed by atoms with Crippen molar-refractivity contribution < 1.29 is 8.42 Å². The second-order valence-corrected chi connectivity index (χ2v) is 6.13. The van der Waals surface area contributed by atoms with E-state index >= 15 is 0 Å². The second kappa shape index (κ2) is 5.66. The molecule has 0 bridgehead atoms. The average Bonchev–Trinajstić information content (AvgIpc) is 2.15. The van der Waals surface area contributed by atoms with Gasteiger partial charge in [-0.15, -0.1) is 12.4 Å². The van der Waals surface area contributed by atoms with E-state index in [1.54, 1.807) is 24.3 Å². The van der Waals surface area contributed by atoms with Crippen LogP contribution < -0.4 is 5.73 Å². The van der Waals surface area contributed by atoms with E-state index in [9.17, 15) is 8.42 Å². The van der Waals surface area contributed by atoms with Gasteiger partial charge in [-0.05, 0) is 23.6 Å². The number of sulfone groups is 1. The van der Waals surface area contributed by atoms with E-state index < -0.39 is 9.84 Å². The van der Waals surface area contributed by atoms with Gasteiger partial charge in [0.05, 0.1) is 4.90 Å². The van der Waals surface area contributed by atoms with Crippen molar-refractivity contribution in [2.75, 3.05) is 6.26 Å². The van der Waals surface area contributed by atoms with Gasteiger partial charge >= 0.3 is 0 Å². The van der Waals surface area contributed by atoms with Crippen molar-refractivity contribution in [1.82, 2.24) is 0 Å². The molecule has 0 aromatic heterocycles. The Balaban J connectivity index is 0.00000225. The van der Waals surface area contributed by atoms with Crippen LogP contribution in [0.3, 0.4) is 0 Å². The first-order valence-corrected chi connectivity index (χ1v) is 6.77. The molecule has 1 aromatic rings. The predicted octanol–water partition coefficient (Wildman–Crippen LogP) is 2.17. The Labute approximate surface area is 103 Å². The minimum atomic E-state index is -3.11.